The summed E-state index contributed by atoms with van der Waals surface area (Å²) in [5, 5.41) is 27.9. The monoisotopic (exact) mass is 295 g/mol. The molecule has 0 bridgehead atoms. The number of aromatic nitrogens is 2. The maximum Gasteiger partial charge on any atom is 0.347 e. The van der Waals surface area contributed by atoms with Crippen molar-refractivity contribution in [2.45, 2.75) is 25.7 Å². The molecule has 1 aromatic heterocycles. The van der Waals surface area contributed by atoms with Crippen LogP contribution in [0.4, 0.5) is 11.4 Å². The first-order valence-electron chi connectivity index (χ1n) is 6.46. The predicted molar refractivity (Wildman–Crippen MR) is 71.5 cm³/mol. The topological polar surface area (TPSA) is 129 Å². The second kappa shape index (κ2) is 6.64. The van der Waals surface area contributed by atoms with Crippen molar-refractivity contribution in [3.63, 3.8) is 0 Å². The second-order valence-corrected chi connectivity index (χ2v) is 4.50. The summed E-state index contributed by atoms with van der Waals surface area (Å²) in [6, 6.07) is 3.01. The molecule has 112 valence electrons. The molecule has 1 heterocycles. The molecule has 2 rings (SSSR count). The zero-order valence-corrected chi connectivity index (χ0v) is 11.2. The molecule has 0 unspecified atom stereocenters. The van der Waals surface area contributed by atoms with Crippen LogP contribution in [0.2, 0.25) is 0 Å². The van der Waals surface area contributed by atoms with Gasteiger partial charge in [0.25, 0.3) is 4.92 Å². The maximum atomic E-state index is 11.0. The standard InChI is InChI=1S/C12H14N4O5/c17-10(18)4-2-1-3-7-13-8-5-6-9(16(19)20)12-11(8)14-21-15-12/h5-6H,1-4,7H2,(H2-,13,15,17,18,19,20)/p+1. The Kier molecular flexibility index (Phi) is 4.64. The fourth-order valence-electron chi connectivity index (χ4n) is 1.95. The Morgan fingerprint density at radius 2 is 2.00 bits per heavy atom. The fraction of sp³-hybridized carbons (Fsp3) is 0.417. The van der Waals surface area contributed by atoms with Crippen molar-refractivity contribution < 1.29 is 24.7 Å². The third-order valence-electron chi connectivity index (χ3n) is 2.98. The lowest BCUT2D eigenvalue weighted by Crippen LogP contribution is -2.03. The van der Waals surface area contributed by atoms with E-state index in [2.05, 4.69) is 20.3 Å². The van der Waals surface area contributed by atoms with Crippen LogP contribution in [0.5, 0.6) is 0 Å². The van der Waals surface area contributed by atoms with Crippen molar-refractivity contribution in [3.8, 4) is 0 Å². The average Bonchev–Trinajstić information content (AvgIpc) is 2.91. The quantitative estimate of drug-likeness (QED) is 0.498. The number of unbranched alkanes of at least 4 members (excludes halogenated alkanes) is 2. The number of fused-ring (bicyclic) bond motifs is 1. The highest BCUT2D eigenvalue weighted by Gasteiger charge is 2.23. The summed E-state index contributed by atoms with van der Waals surface area (Å²) in [5.74, 6) is -0.792. The lowest BCUT2D eigenvalue weighted by atomic mass is 10.2. The summed E-state index contributed by atoms with van der Waals surface area (Å²) >= 11 is 0. The van der Waals surface area contributed by atoms with Gasteiger partial charge in [-0.05, 0) is 29.2 Å². The molecular formula is C12H15N4O5+. The van der Waals surface area contributed by atoms with Crippen LogP contribution >= 0.6 is 0 Å². The summed E-state index contributed by atoms with van der Waals surface area (Å²) in [7, 11) is 0. The summed E-state index contributed by atoms with van der Waals surface area (Å²) in [4.78, 5) is 21.0. The Labute approximate surface area is 119 Å². The number of aliphatic carboxylic acids is 1. The number of nitrogens with one attached hydrogen (secondary N) is 1. The molecule has 0 aliphatic rings. The van der Waals surface area contributed by atoms with E-state index in [0.717, 1.165) is 12.8 Å². The van der Waals surface area contributed by atoms with E-state index in [1.165, 1.54) is 6.07 Å². The normalized spacial score (nSPS) is 10.7. The maximum absolute atomic E-state index is 11.0. The Hall–Kier alpha value is -2.71. The summed E-state index contributed by atoms with van der Waals surface area (Å²) in [5.41, 5.74) is 1.12. The van der Waals surface area contributed by atoms with Crippen molar-refractivity contribution >= 4 is 28.4 Å². The van der Waals surface area contributed by atoms with Crippen LogP contribution in [-0.2, 0) is 4.79 Å². The number of carboxylic acid groups (broad SMARTS) is 1. The molecule has 0 spiro atoms. The van der Waals surface area contributed by atoms with Gasteiger partial charge in [0.2, 0.25) is 5.52 Å². The first-order valence-corrected chi connectivity index (χ1v) is 6.46. The number of hydrogen-bond donors (Lipinski definition) is 3. The predicted octanol–water partition coefficient (Wildman–Crippen LogP) is 2.08. The van der Waals surface area contributed by atoms with Crippen molar-refractivity contribution in [2.24, 2.45) is 0 Å². The lowest BCUT2D eigenvalue weighted by molar-refractivity contribution is -0.728. The van der Waals surface area contributed by atoms with E-state index in [1.54, 1.807) is 6.07 Å². The van der Waals surface area contributed by atoms with Gasteiger partial charge in [-0.15, -0.1) is 0 Å². The Morgan fingerprint density at radius 3 is 2.71 bits per heavy atom. The van der Waals surface area contributed by atoms with Crippen LogP contribution in [0.3, 0.4) is 0 Å². The average molecular weight is 295 g/mol. The van der Waals surface area contributed by atoms with E-state index in [1.807, 2.05) is 0 Å². The molecule has 9 heteroatoms. The highest BCUT2D eigenvalue weighted by molar-refractivity contribution is 5.93. The van der Waals surface area contributed by atoms with Gasteiger partial charge < -0.3 is 10.4 Å². The first kappa shape index (κ1) is 14.7. The Morgan fingerprint density at radius 1 is 1.24 bits per heavy atom. The third kappa shape index (κ3) is 3.65. The van der Waals surface area contributed by atoms with Gasteiger partial charge in [0.15, 0.2) is 5.52 Å². The van der Waals surface area contributed by atoms with Gasteiger partial charge >= 0.3 is 11.7 Å². The molecule has 3 N–H and O–H groups in total. The minimum atomic E-state index is -0.792. The lowest BCUT2D eigenvalue weighted by Gasteiger charge is -2.05. The molecular weight excluding hydrogens is 280 g/mol. The molecule has 21 heavy (non-hydrogen) atoms. The van der Waals surface area contributed by atoms with Crippen LogP contribution < -0.4 is 5.32 Å². The molecule has 0 aliphatic carbocycles. The SMILES string of the molecule is O=C(O)CCCCCNc1ccc([N+](=O)O)c2nonc12. The molecule has 9 nitrogen and oxygen atoms in total. The van der Waals surface area contributed by atoms with E-state index >= 15 is 0 Å². The third-order valence-corrected chi connectivity index (χ3v) is 2.98. The number of hydrogen-bond acceptors (Lipinski definition) is 6. The second-order valence-electron chi connectivity index (χ2n) is 4.50. The highest BCUT2D eigenvalue weighted by Crippen LogP contribution is 2.28. The van der Waals surface area contributed by atoms with Gasteiger partial charge in [-0.2, -0.15) is 0 Å². The number of benzene rings is 1. The summed E-state index contributed by atoms with van der Waals surface area (Å²) in [6.07, 6.45) is 2.40. The van der Waals surface area contributed by atoms with Crippen molar-refractivity contribution in [1.82, 2.24) is 10.3 Å². The van der Waals surface area contributed by atoms with Crippen LogP contribution in [-0.4, -0.2) is 38.1 Å². The van der Waals surface area contributed by atoms with E-state index in [9.17, 15) is 9.70 Å². The van der Waals surface area contributed by atoms with Gasteiger partial charge in [0.05, 0.1) is 10.6 Å². The van der Waals surface area contributed by atoms with E-state index < -0.39 is 5.97 Å². The molecule has 0 radical (unpaired) electrons. The molecule has 0 aliphatic heterocycles. The van der Waals surface area contributed by atoms with Crippen LogP contribution in [0.15, 0.2) is 16.8 Å². The fourth-order valence-corrected chi connectivity index (χ4v) is 1.95. The van der Waals surface area contributed by atoms with Crippen LogP contribution in [0.25, 0.3) is 11.0 Å². The number of nitrogens with zero attached hydrogens (tertiary/aromatic N) is 3. The smallest absolute Gasteiger partial charge is 0.347 e. The summed E-state index contributed by atoms with van der Waals surface area (Å²) < 4.78 is 4.59. The zero-order valence-electron chi connectivity index (χ0n) is 11.2. The number of carbonyl (C=O) groups is 1. The van der Waals surface area contributed by atoms with Gasteiger partial charge in [-0.3, -0.25) is 4.79 Å². The van der Waals surface area contributed by atoms with Gasteiger partial charge in [-0.25, -0.2) is 9.84 Å². The van der Waals surface area contributed by atoms with E-state index in [-0.39, 0.29) is 22.5 Å². The zero-order chi connectivity index (χ0) is 15.2. The van der Waals surface area contributed by atoms with Crippen molar-refractivity contribution in [1.29, 1.82) is 0 Å². The van der Waals surface area contributed by atoms with E-state index in [0.29, 0.717) is 24.2 Å². The van der Waals surface area contributed by atoms with Crippen LogP contribution in [0.1, 0.15) is 25.7 Å². The van der Waals surface area contributed by atoms with Gasteiger partial charge in [-0.1, -0.05) is 6.42 Å². The van der Waals surface area contributed by atoms with E-state index in [4.69, 9.17) is 10.3 Å². The molecule has 0 fully saturated rings. The van der Waals surface area contributed by atoms with Gasteiger partial charge in [0.1, 0.15) is 0 Å². The largest absolute Gasteiger partial charge is 0.481 e. The Bertz CT molecular complexity index is 654. The molecule has 0 amide bonds. The summed E-state index contributed by atoms with van der Waals surface area (Å²) in [6.45, 7) is 0.626. The number of anilines is 1. The van der Waals surface area contributed by atoms with Crippen LogP contribution in [0, 0.1) is 4.91 Å². The minimum Gasteiger partial charge on any atom is -0.481 e. The molecule has 2 aromatic rings. The van der Waals surface area contributed by atoms with Crippen molar-refractivity contribution in [2.75, 3.05) is 11.9 Å². The molecule has 0 saturated carbocycles. The molecule has 0 atom stereocenters. The molecule has 1 aromatic carbocycles. The number of rotatable bonds is 8. The highest BCUT2D eigenvalue weighted by atomic mass is 16.6. The first-order chi connectivity index (χ1) is 10.1. The van der Waals surface area contributed by atoms with Crippen molar-refractivity contribution in [3.05, 3.63) is 17.0 Å². The molecule has 0 saturated heterocycles. The minimum absolute atomic E-state index is 0.0433. The Balaban J connectivity index is 1.94. The van der Waals surface area contributed by atoms with Gasteiger partial charge in [0, 0.05) is 19.0 Å². The number of carboxylic acids is 1.